The Morgan fingerprint density at radius 2 is 1.69 bits per heavy atom. The number of fused-ring (bicyclic) bond motifs is 3. The van der Waals surface area contributed by atoms with Gasteiger partial charge in [-0.05, 0) is 76.0 Å². The lowest BCUT2D eigenvalue weighted by Gasteiger charge is -2.54. The summed E-state index contributed by atoms with van der Waals surface area (Å²) in [4.78, 5) is 14.9. The predicted molar refractivity (Wildman–Crippen MR) is 155 cm³/mol. The topological polar surface area (TPSA) is 44.8 Å². The van der Waals surface area contributed by atoms with E-state index in [4.69, 9.17) is 14.2 Å². The number of methoxy groups -OCH3 is 1. The zero-order valence-corrected chi connectivity index (χ0v) is 24.6. The van der Waals surface area contributed by atoms with Crippen LogP contribution in [0.5, 0.6) is 5.75 Å². The lowest BCUT2D eigenvalue weighted by atomic mass is 9.52. The SMILES string of the molecule is COc1ccc([C@@]23C=C[C@@]4(CCCC[C@@]42C)[C@@H]2[C@H]3C(=O)[C@@H](C/C(C)=C/CCC=C(C)C)CC23OCCO3)cc1. The molecule has 210 valence electrons. The van der Waals surface area contributed by atoms with Gasteiger partial charge in [0.25, 0.3) is 0 Å². The van der Waals surface area contributed by atoms with E-state index in [1.807, 2.05) is 0 Å². The van der Waals surface area contributed by atoms with E-state index in [1.54, 1.807) is 7.11 Å². The Hall–Kier alpha value is -2.17. The maximum atomic E-state index is 14.9. The van der Waals surface area contributed by atoms with Crippen LogP contribution < -0.4 is 4.74 Å². The zero-order chi connectivity index (χ0) is 27.5. The number of ketones is 1. The molecule has 1 heterocycles. The number of carbonyl (C=O) groups excluding carboxylic acids is 1. The highest BCUT2D eigenvalue weighted by Crippen LogP contribution is 2.81. The summed E-state index contributed by atoms with van der Waals surface area (Å²) in [6.07, 6.45) is 17.7. The number of hydrogen-bond acceptors (Lipinski definition) is 4. The molecule has 39 heavy (non-hydrogen) atoms. The molecule has 5 aliphatic rings. The molecule has 1 aromatic carbocycles. The van der Waals surface area contributed by atoms with Crippen molar-refractivity contribution in [2.75, 3.05) is 20.3 Å². The van der Waals surface area contributed by atoms with Gasteiger partial charge in [-0.1, -0.05) is 67.3 Å². The number of rotatable bonds is 7. The summed E-state index contributed by atoms with van der Waals surface area (Å²) in [5.41, 5.74) is 3.41. The van der Waals surface area contributed by atoms with E-state index in [-0.39, 0.29) is 34.0 Å². The second kappa shape index (κ2) is 9.73. The van der Waals surface area contributed by atoms with Crippen LogP contribution in [0.4, 0.5) is 0 Å². The molecule has 2 bridgehead atoms. The van der Waals surface area contributed by atoms with Gasteiger partial charge in [-0.15, -0.1) is 0 Å². The fourth-order valence-electron chi connectivity index (χ4n) is 9.77. The van der Waals surface area contributed by atoms with Gasteiger partial charge in [-0.2, -0.15) is 0 Å². The van der Waals surface area contributed by atoms with Crippen LogP contribution in [0, 0.1) is 28.6 Å². The largest absolute Gasteiger partial charge is 0.497 e. The summed E-state index contributed by atoms with van der Waals surface area (Å²) < 4.78 is 18.9. The van der Waals surface area contributed by atoms with E-state index in [0.29, 0.717) is 25.4 Å². The molecule has 4 nitrogen and oxygen atoms in total. The first-order valence-corrected chi connectivity index (χ1v) is 15.2. The summed E-state index contributed by atoms with van der Waals surface area (Å²) >= 11 is 0. The smallest absolute Gasteiger partial charge is 0.173 e. The molecule has 4 heteroatoms. The normalized spacial score (nSPS) is 38.1. The first-order chi connectivity index (χ1) is 18.7. The molecule has 1 saturated heterocycles. The van der Waals surface area contributed by atoms with Gasteiger partial charge in [-0.3, -0.25) is 4.79 Å². The van der Waals surface area contributed by atoms with Crippen LogP contribution in [0.2, 0.25) is 0 Å². The minimum Gasteiger partial charge on any atom is -0.497 e. The van der Waals surface area contributed by atoms with Gasteiger partial charge in [0, 0.05) is 35.0 Å². The van der Waals surface area contributed by atoms with Crippen LogP contribution in [0.25, 0.3) is 0 Å². The van der Waals surface area contributed by atoms with Crippen molar-refractivity contribution in [3.8, 4) is 5.75 Å². The summed E-state index contributed by atoms with van der Waals surface area (Å²) in [5.74, 6) is 0.423. The highest BCUT2D eigenvalue weighted by atomic mass is 16.7. The van der Waals surface area contributed by atoms with Gasteiger partial charge in [0.05, 0.1) is 20.3 Å². The molecule has 0 radical (unpaired) electrons. The van der Waals surface area contributed by atoms with E-state index in [0.717, 1.165) is 37.9 Å². The van der Waals surface area contributed by atoms with Crippen LogP contribution in [-0.4, -0.2) is 31.9 Å². The lowest BCUT2D eigenvalue weighted by Crippen LogP contribution is -2.59. The standard InChI is InChI=1S/C35H46O4/c1-24(2)10-6-7-11-25(3)22-26-23-35(38-20-21-39-35)31-29(30(26)36)34(27-12-14-28(37-5)15-13-27)19-18-33(31)17-9-8-16-32(33,34)4/h10-15,18-19,26,29,31H,6-9,16-17,20-23H2,1-5H3/b25-11+/t26-,29+,31-,32-,33-,34+/m0/s1. The molecule has 6 atom stereocenters. The molecule has 0 amide bonds. The maximum absolute atomic E-state index is 14.9. The van der Waals surface area contributed by atoms with E-state index < -0.39 is 5.79 Å². The molecule has 1 aromatic rings. The quantitative estimate of drug-likeness (QED) is 0.267. The number of ether oxygens (including phenoxy) is 3. The van der Waals surface area contributed by atoms with Crippen molar-refractivity contribution in [1.82, 2.24) is 0 Å². The van der Waals surface area contributed by atoms with Crippen LogP contribution >= 0.6 is 0 Å². The number of Topliss-reactive ketones (excluding diaryl/α,β-unsaturated/α-hetero) is 1. The fourth-order valence-corrected chi connectivity index (χ4v) is 9.77. The first-order valence-electron chi connectivity index (χ1n) is 15.2. The zero-order valence-electron chi connectivity index (χ0n) is 24.6. The Balaban J connectivity index is 1.44. The average molecular weight is 531 g/mol. The molecule has 4 fully saturated rings. The molecule has 0 unspecified atom stereocenters. The summed E-state index contributed by atoms with van der Waals surface area (Å²) in [6, 6.07) is 8.57. The third kappa shape index (κ3) is 3.73. The molecule has 6 rings (SSSR count). The maximum Gasteiger partial charge on any atom is 0.173 e. The van der Waals surface area contributed by atoms with E-state index >= 15 is 0 Å². The number of allylic oxidation sites excluding steroid dienone is 6. The van der Waals surface area contributed by atoms with Crippen molar-refractivity contribution in [2.45, 2.75) is 90.3 Å². The van der Waals surface area contributed by atoms with Crippen LogP contribution in [0.1, 0.15) is 84.6 Å². The molecule has 0 N–H and O–H groups in total. The predicted octanol–water partition coefficient (Wildman–Crippen LogP) is 7.73. The van der Waals surface area contributed by atoms with Gasteiger partial charge in [0.1, 0.15) is 11.5 Å². The van der Waals surface area contributed by atoms with Crippen molar-refractivity contribution in [2.24, 2.45) is 28.6 Å². The number of hydrogen-bond donors (Lipinski definition) is 0. The lowest BCUT2D eigenvalue weighted by molar-refractivity contribution is -0.249. The minimum absolute atomic E-state index is 0.0513. The minimum atomic E-state index is -0.677. The third-order valence-electron chi connectivity index (χ3n) is 11.3. The summed E-state index contributed by atoms with van der Waals surface area (Å²) in [7, 11) is 1.71. The Morgan fingerprint density at radius 1 is 1.00 bits per heavy atom. The Bertz CT molecular complexity index is 1200. The van der Waals surface area contributed by atoms with Gasteiger partial charge in [0.2, 0.25) is 0 Å². The number of unbranched alkanes of at least 4 members (excludes halogenated alkanes) is 1. The average Bonchev–Trinajstić information content (AvgIpc) is 3.56. The summed E-state index contributed by atoms with van der Waals surface area (Å²) in [6.45, 7) is 10.2. The highest BCUT2D eigenvalue weighted by molar-refractivity contribution is 5.89. The van der Waals surface area contributed by atoms with Crippen molar-refractivity contribution >= 4 is 5.78 Å². The number of benzene rings is 1. The monoisotopic (exact) mass is 530 g/mol. The van der Waals surface area contributed by atoms with E-state index in [9.17, 15) is 4.79 Å². The Kier molecular flexibility index (Phi) is 6.74. The van der Waals surface area contributed by atoms with E-state index in [2.05, 4.69) is 76.3 Å². The van der Waals surface area contributed by atoms with E-state index in [1.165, 1.54) is 29.6 Å². The van der Waals surface area contributed by atoms with Crippen molar-refractivity contribution in [1.29, 1.82) is 0 Å². The molecule has 3 saturated carbocycles. The first kappa shape index (κ1) is 27.0. The molecule has 0 aromatic heterocycles. The van der Waals surface area contributed by atoms with Gasteiger partial charge < -0.3 is 14.2 Å². The van der Waals surface area contributed by atoms with Gasteiger partial charge >= 0.3 is 0 Å². The van der Waals surface area contributed by atoms with Gasteiger partial charge in [-0.25, -0.2) is 0 Å². The van der Waals surface area contributed by atoms with Crippen molar-refractivity contribution in [3.63, 3.8) is 0 Å². The fraction of sp³-hybridized carbons (Fsp3) is 0.629. The molecule has 1 spiro atoms. The van der Waals surface area contributed by atoms with Crippen LogP contribution in [0.15, 0.2) is 59.7 Å². The Labute approximate surface area is 234 Å². The molecule has 4 aliphatic carbocycles. The Morgan fingerprint density at radius 3 is 2.38 bits per heavy atom. The second-order valence-corrected chi connectivity index (χ2v) is 13.4. The van der Waals surface area contributed by atoms with Crippen molar-refractivity contribution < 1.29 is 19.0 Å². The second-order valence-electron chi connectivity index (χ2n) is 13.4. The van der Waals surface area contributed by atoms with Crippen molar-refractivity contribution in [3.05, 3.63) is 65.3 Å². The highest BCUT2D eigenvalue weighted by Gasteiger charge is 2.82. The molecule has 1 aliphatic heterocycles. The summed E-state index contributed by atoms with van der Waals surface area (Å²) in [5, 5.41) is 0. The van der Waals surface area contributed by atoms with Crippen LogP contribution in [-0.2, 0) is 19.7 Å². The van der Waals surface area contributed by atoms with Crippen LogP contribution in [0.3, 0.4) is 0 Å². The van der Waals surface area contributed by atoms with Gasteiger partial charge in [0.15, 0.2) is 5.79 Å². The number of carbonyl (C=O) groups is 1. The molecular formula is C35H46O4. The molecular weight excluding hydrogens is 484 g/mol. The third-order valence-corrected chi connectivity index (χ3v) is 11.3.